The topological polar surface area (TPSA) is 150 Å². The molecule has 0 radical (unpaired) electrons. The van der Waals surface area contributed by atoms with Crippen molar-refractivity contribution < 1.29 is 32.3 Å². The minimum atomic E-state index is -3.85. The summed E-state index contributed by atoms with van der Waals surface area (Å²) in [7, 11) is 0.261. The van der Waals surface area contributed by atoms with Crippen LogP contribution >= 0.6 is 0 Å². The van der Waals surface area contributed by atoms with Crippen molar-refractivity contribution in [3.05, 3.63) is 52.1 Å². The van der Waals surface area contributed by atoms with Crippen LogP contribution in [0.4, 0.5) is 11.4 Å². The fraction of sp³-hybridized carbons (Fsp3) is 0.263. The second kappa shape index (κ2) is 10.4. The molecule has 0 fully saturated rings. The summed E-state index contributed by atoms with van der Waals surface area (Å²) in [4.78, 5) is 22.8. The van der Waals surface area contributed by atoms with Crippen molar-refractivity contribution in [2.24, 2.45) is 5.10 Å². The predicted octanol–water partition coefficient (Wildman–Crippen LogP) is 1.54. The number of hydrazone groups is 1. The third-order valence-electron chi connectivity index (χ3n) is 4.15. The van der Waals surface area contributed by atoms with Gasteiger partial charge in [-0.25, -0.2) is 13.8 Å². The Kier molecular flexibility index (Phi) is 7.96. The molecule has 2 aromatic carbocycles. The van der Waals surface area contributed by atoms with Crippen LogP contribution in [0.1, 0.15) is 5.56 Å². The van der Waals surface area contributed by atoms with Crippen molar-refractivity contribution in [3.63, 3.8) is 0 Å². The van der Waals surface area contributed by atoms with Crippen molar-refractivity contribution >= 4 is 33.5 Å². The number of hydrogen-bond donors (Lipinski definition) is 1. The minimum absolute atomic E-state index is 0.0772. The monoisotopic (exact) mass is 466 g/mol. The van der Waals surface area contributed by atoms with Crippen LogP contribution in [0.15, 0.2) is 41.5 Å². The number of nitro groups is 1. The first-order valence-corrected chi connectivity index (χ1v) is 10.8. The number of nitrogens with zero attached hydrogens (tertiary/aromatic N) is 3. The average molecular weight is 466 g/mol. The molecule has 0 spiro atoms. The standard InChI is InChI=1S/C19H22N4O8S/c1-29-14-6-7-15(18(10-14)31-3)22(32(4,27)28)12-19(24)21-20-11-13-5-8-17(30-2)16(9-13)23(25)26/h5-11H,12H2,1-4H3,(H,21,24). The van der Waals surface area contributed by atoms with Gasteiger partial charge in [-0.05, 0) is 24.3 Å². The van der Waals surface area contributed by atoms with E-state index in [0.29, 0.717) is 11.3 Å². The number of benzene rings is 2. The summed E-state index contributed by atoms with van der Waals surface area (Å²) in [6, 6.07) is 8.59. The van der Waals surface area contributed by atoms with E-state index in [1.54, 1.807) is 0 Å². The van der Waals surface area contributed by atoms with Crippen LogP contribution in [0.5, 0.6) is 17.2 Å². The van der Waals surface area contributed by atoms with Gasteiger partial charge in [0.25, 0.3) is 5.91 Å². The lowest BCUT2D eigenvalue weighted by atomic mass is 10.2. The van der Waals surface area contributed by atoms with Crippen molar-refractivity contribution in [3.8, 4) is 17.2 Å². The molecule has 0 aromatic heterocycles. The van der Waals surface area contributed by atoms with E-state index in [4.69, 9.17) is 14.2 Å². The molecule has 1 amide bonds. The molecule has 0 aliphatic carbocycles. The summed E-state index contributed by atoms with van der Waals surface area (Å²) in [5, 5.41) is 14.8. The molecule has 0 atom stereocenters. The van der Waals surface area contributed by atoms with Crippen molar-refractivity contribution in [1.29, 1.82) is 0 Å². The van der Waals surface area contributed by atoms with Crippen LogP contribution in [0.25, 0.3) is 0 Å². The Morgan fingerprint density at radius 3 is 2.38 bits per heavy atom. The van der Waals surface area contributed by atoms with Crippen LogP contribution in [0.2, 0.25) is 0 Å². The smallest absolute Gasteiger partial charge is 0.311 e. The number of anilines is 1. The predicted molar refractivity (Wildman–Crippen MR) is 117 cm³/mol. The lowest BCUT2D eigenvalue weighted by Crippen LogP contribution is -2.39. The van der Waals surface area contributed by atoms with Gasteiger partial charge in [0.1, 0.15) is 18.0 Å². The van der Waals surface area contributed by atoms with Gasteiger partial charge in [-0.3, -0.25) is 19.2 Å². The van der Waals surface area contributed by atoms with E-state index in [1.165, 1.54) is 63.9 Å². The number of carbonyl (C=O) groups is 1. The zero-order valence-electron chi connectivity index (χ0n) is 17.8. The number of nitrogens with one attached hydrogen (secondary N) is 1. The van der Waals surface area contributed by atoms with Gasteiger partial charge >= 0.3 is 5.69 Å². The number of sulfonamides is 1. The summed E-state index contributed by atoms with van der Waals surface area (Å²) in [6.07, 6.45) is 2.13. The van der Waals surface area contributed by atoms with Gasteiger partial charge in [-0.15, -0.1) is 0 Å². The number of nitro benzene ring substituents is 1. The molecular formula is C19H22N4O8S. The van der Waals surface area contributed by atoms with E-state index in [2.05, 4.69) is 10.5 Å². The van der Waals surface area contributed by atoms with E-state index in [0.717, 1.165) is 10.6 Å². The highest BCUT2D eigenvalue weighted by atomic mass is 32.2. The molecule has 0 saturated carbocycles. The van der Waals surface area contributed by atoms with Crippen LogP contribution < -0.4 is 23.9 Å². The lowest BCUT2D eigenvalue weighted by Gasteiger charge is -2.23. The number of hydrogen-bond acceptors (Lipinski definition) is 9. The molecule has 172 valence electrons. The first-order chi connectivity index (χ1) is 15.1. The number of amides is 1. The van der Waals surface area contributed by atoms with E-state index >= 15 is 0 Å². The lowest BCUT2D eigenvalue weighted by molar-refractivity contribution is -0.385. The Bertz CT molecular complexity index is 1130. The molecule has 2 rings (SSSR count). The van der Waals surface area contributed by atoms with Crippen LogP contribution in [0.3, 0.4) is 0 Å². The van der Waals surface area contributed by atoms with E-state index < -0.39 is 27.4 Å². The molecule has 13 heteroatoms. The van der Waals surface area contributed by atoms with Gasteiger partial charge < -0.3 is 14.2 Å². The summed E-state index contributed by atoms with van der Waals surface area (Å²) in [5.74, 6) is -0.0284. The Morgan fingerprint density at radius 2 is 1.81 bits per heavy atom. The van der Waals surface area contributed by atoms with Crippen LogP contribution in [-0.2, 0) is 14.8 Å². The molecule has 0 heterocycles. The van der Waals surface area contributed by atoms with Gasteiger partial charge in [0.05, 0.1) is 44.4 Å². The largest absolute Gasteiger partial charge is 0.497 e. The molecular weight excluding hydrogens is 444 g/mol. The minimum Gasteiger partial charge on any atom is -0.497 e. The molecule has 32 heavy (non-hydrogen) atoms. The molecule has 1 N–H and O–H groups in total. The molecule has 0 bridgehead atoms. The van der Waals surface area contributed by atoms with Crippen molar-refractivity contribution in [2.75, 3.05) is 38.4 Å². The summed E-state index contributed by atoms with van der Waals surface area (Å²) in [5.41, 5.74) is 2.40. The molecule has 0 aliphatic rings. The van der Waals surface area contributed by atoms with E-state index in [1.807, 2.05) is 0 Å². The second-order valence-corrected chi connectivity index (χ2v) is 8.20. The number of carbonyl (C=O) groups excluding carboxylic acids is 1. The van der Waals surface area contributed by atoms with Crippen LogP contribution in [-0.4, -0.2) is 59.6 Å². The number of rotatable bonds is 10. The quantitative estimate of drug-likeness (QED) is 0.315. The Hall–Kier alpha value is -3.87. The van der Waals surface area contributed by atoms with Crippen LogP contribution in [0, 0.1) is 10.1 Å². The van der Waals surface area contributed by atoms with Crippen molar-refractivity contribution in [1.82, 2.24) is 5.43 Å². The average Bonchev–Trinajstić information content (AvgIpc) is 2.76. The van der Waals surface area contributed by atoms with Gasteiger partial charge in [-0.2, -0.15) is 5.10 Å². The van der Waals surface area contributed by atoms with Gasteiger partial charge in [0, 0.05) is 17.7 Å². The maximum atomic E-state index is 12.3. The van der Waals surface area contributed by atoms with Gasteiger partial charge in [-0.1, -0.05) is 0 Å². The highest BCUT2D eigenvalue weighted by molar-refractivity contribution is 7.92. The highest BCUT2D eigenvalue weighted by Gasteiger charge is 2.24. The first kappa shape index (κ1) is 24.4. The maximum Gasteiger partial charge on any atom is 0.311 e. The normalized spacial score (nSPS) is 11.1. The fourth-order valence-corrected chi connectivity index (χ4v) is 3.51. The van der Waals surface area contributed by atoms with Crippen molar-refractivity contribution in [2.45, 2.75) is 0 Å². The summed E-state index contributed by atoms with van der Waals surface area (Å²) < 4.78 is 40.7. The SMILES string of the molecule is COc1ccc(N(CC(=O)NN=Cc2ccc(OC)c([N+](=O)[O-])c2)S(C)(=O)=O)c(OC)c1. The molecule has 12 nitrogen and oxygen atoms in total. The molecule has 0 unspecified atom stereocenters. The van der Waals surface area contributed by atoms with Gasteiger partial charge in [0.15, 0.2) is 5.75 Å². The molecule has 0 aliphatic heterocycles. The third-order valence-corrected chi connectivity index (χ3v) is 5.27. The Morgan fingerprint density at radius 1 is 1.12 bits per heavy atom. The Balaban J connectivity index is 2.19. The fourth-order valence-electron chi connectivity index (χ4n) is 2.65. The molecule has 2 aromatic rings. The summed E-state index contributed by atoms with van der Waals surface area (Å²) in [6.45, 7) is -0.582. The molecule has 0 saturated heterocycles. The Labute approximate surface area is 184 Å². The second-order valence-electron chi connectivity index (χ2n) is 6.29. The zero-order chi connectivity index (χ0) is 23.9. The van der Waals surface area contributed by atoms with E-state index in [-0.39, 0.29) is 22.9 Å². The van der Waals surface area contributed by atoms with E-state index in [9.17, 15) is 23.3 Å². The first-order valence-electron chi connectivity index (χ1n) is 8.94. The maximum absolute atomic E-state index is 12.3. The zero-order valence-corrected chi connectivity index (χ0v) is 18.6. The highest BCUT2D eigenvalue weighted by Crippen LogP contribution is 2.33. The third kappa shape index (κ3) is 6.07. The number of ether oxygens (including phenoxy) is 3. The number of methoxy groups -OCH3 is 3. The van der Waals surface area contributed by atoms with Gasteiger partial charge in [0.2, 0.25) is 10.0 Å². The summed E-state index contributed by atoms with van der Waals surface area (Å²) >= 11 is 0.